The standard InChI is InChI=1S/C23H26FN7OS/c1-16-13-17(2)31-14-20(26-22(31)25-16)15-33-23-28-27-21(18-3-5-19(24)6-4-18)30(23)8-7-29-9-11-32-12-10-29/h3-6,13-14H,7-12,15H2,1-2H3. The van der Waals surface area contributed by atoms with Crippen molar-refractivity contribution >= 4 is 17.5 Å². The Kier molecular flexibility index (Phi) is 6.39. The van der Waals surface area contributed by atoms with Crippen molar-refractivity contribution in [1.29, 1.82) is 0 Å². The van der Waals surface area contributed by atoms with Gasteiger partial charge in [0.25, 0.3) is 0 Å². The minimum atomic E-state index is -0.265. The van der Waals surface area contributed by atoms with E-state index in [4.69, 9.17) is 4.74 Å². The molecule has 5 rings (SSSR count). The number of aryl methyl sites for hydroxylation is 2. The summed E-state index contributed by atoms with van der Waals surface area (Å²) in [5, 5.41) is 9.74. The molecule has 10 heteroatoms. The number of benzene rings is 1. The molecule has 0 bridgehead atoms. The van der Waals surface area contributed by atoms with E-state index < -0.39 is 0 Å². The van der Waals surface area contributed by atoms with Crippen molar-refractivity contribution in [3.8, 4) is 11.4 Å². The molecule has 0 N–H and O–H groups in total. The predicted molar refractivity (Wildman–Crippen MR) is 125 cm³/mol. The van der Waals surface area contributed by atoms with Crippen molar-refractivity contribution in [3.05, 3.63) is 59.4 Å². The van der Waals surface area contributed by atoms with Crippen LogP contribution >= 0.6 is 11.8 Å². The van der Waals surface area contributed by atoms with Gasteiger partial charge in [0, 0.05) is 55.1 Å². The average molecular weight is 468 g/mol. The van der Waals surface area contributed by atoms with E-state index in [1.165, 1.54) is 12.1 Å². The third-order valence-corrected chi connectivity index (χ3v) is 6.72. The SMILES string of the molecule is Cc1cc(C)n2cc(CSc3nnc(-c4ccc(F)cc4)n3CCN3CCOCC3)nc2n1. The minimum Gasteiger partial charge on any atom is -0.379 e. The molecule has 0 atom stereocenters. The fraction of sp³-hybridized carbons (Fsp3) is 0.391. The Balaban J connectivity index is 1.38. The summed E-state index contributed by atoms with van der Waals surface area (Å²) in [7, 11) is 0. The summed E-state index contributed by atoms with van der Waals surface area (Å²) >= 11 is 1.60. The molecule has 8 nitrogen and oxygen atoms in total. The van der Waals surface area contributed by atoms with Crippen molar-refractivity contribution in [2.45, 2.75) is 31.3 Å². The van der Waals surface area contributed by atoms with Crippen LogP contribution in [0, 0.1) is 19.7 Å². The summed E-state index contributed by atoms with van der Waals surface area (Å²) in [6.07, 6.45) is 2.03. The first-order valence-corrected chi connectivity index (χ1v) is 12.0. The number of aromatic nitrogens is 6. The van der Waals surface area contributed by atoms with E-state index in [2.05, 4.69) is 36.6 Å². The van der Waals surface area contributed by atoms with Gasteiger partial charge in [-0.05, 0) is 44.2 Å². The molecule has 1 aromatic carbocycles. The lowest BCUT2D eigenvalue weighted by molar-refractivity contribution is 0.0361. The summed E-state index contributed by atoms with van der Waals surface area (Å²) in [4.78, 5) is 11.6. The molecule has 0 saturated carbocycles. The highest BCUT2D eigenvalue weighted by molar-refractivity contribution is 7.98. The lowest BCUT2D eigenvalue weighted by Gasteiger charge is -2.27. The zero-order valence-corrected chi connectivity index (χ0v) is 19.6. The summed E-state index contributed by atoms with van der Waals surface area (Å²) in [6, 6.07) is 8.45. The maximum Gasteiger partial charge on any atom is 0.234 e. The van der Waals surface area contributed by atoms with Crippen LogP contribution in [0.15, 0.2) is 41.7 Å². The molecular weight excluding hydrogens is 441 g/mol. The van der Waals surface area contributed by atoms with Crippen molar-refractivity contribution in [1.82, 2.24) is 34.0 Å². The molecule has 0 radical (unpaired) electrons. The fourth-order valence-corrected chi connectivity index (χ4v) is 4.85. The first-order chi connectivity index (χ1) is 16.1. The van der Waals surface area contributed by atoms with Crippen LogP contribution in [-0.2, 0) is 17.0 Å². The minimum absolute atomic E-state index is 0.265. The Hall–Kier alpha value is -2.82. The maximum atomic E-state index is 13.5. The fourth-order valence-electron chi connectivity index (χ4n) is 4.00. The number of imidazole rings is 1. The normalized spacial score (nSPS) is 14.9. The number of rotatable bonds is 7. The summed E-state index contributed by atoms with van der Waals surface area (Å²) < 4.78 is 23.1. The number of fused-ring (bicyclic) bond motifs is 1. The first kappa shape index (κ1) is 22.0. The number of hydrogen-bond donors (Lipinski definition) is 0. The van der Waals surface area contributed by atoms with Gasteiger partial charge in [0.05, 0.1) is 18.9 Å². The van der Waals surface area contributed by atoms with E-state index in [0.29, 0.717) is 11.5 Å². The number of thioether (sulfide) groups is 1. The van der Waals surface area contributed by atoms with E-state index in [9.17, 15) is 4.39 Å². The second kappa shape index (κ2) is 9.58. The summed E-state index contributed by atoms with van der Waals surface area (Å²) in [6.45, 7) is 9.01. The Bertz CT molecular complexity index is 1250. The van der Waals surface area contributed by atoms with E-state index in [0.717, 1.165) is 73.0 Å². The van der Waals surface area contributed by atoms with Crippen LogP contribution in [0.2, 0.25) is 0 Å². The molecular formula is C23H26FN7OS. The average Bonchev–Trinajstić information content (AvgIpc) is 3.41. The van der Waals surface area contributed by atoms with Crippen LogP contribution in [0.4, 0.5) is 4.39 Å². The summed E-state index contributed by atoms with van der Waals surface area (Å²) in [5.74, 6) is 1.84. The molecule has 1 aliphatic rings. The maximum absolute atomic E-state index is 13.5. The number of hydrogen-bond acceptors (Lipinski definition) is 7. The van der Waals surface area contributed by atoms with Crippen LogP contribution in [0.5, 0.6) is 0 Å². The Labute approximate surface area is 195 Å². The zero-order valence-electron chi connectivity index (χ0n) is 18.7. The Morgan fingerprint density at radius 1 is 1.03 bits per heavy atom. The second-order valence-corrected chi connectivity index (χ2v) is 9.09. The molecule has 4 heterocycles. The van der Waals surface area contributed by atoms with Gasteiger partial charge in [0.15, 0.2) is 11.0 Å². The molecule has 1 saturated heterocycles. The third-order valence-electron chi connectivity index (χ3n) is 5.72. The summed E-state index contributed by atoms with van der Waals surface area (Å²) in [5.41, 5.74) is 3.85. The van der Waals surface area contributed by atoms with Gasteiger partial charge in [0.1, 0.15) is 5.82 Å². The largest absolute Gasteiger partial charge is 0.379 e. The quantitative estimate of drug-likeness (QED) is 0.386. The molecule has 3 aromatic heterocycles. The monoisotopic (exact) mass is 467 g/mol. The van der Waals surface area contributed by atoms with Crippen molar-refractivity contribution in [3.63, 3.8) is 0 Å². The van der Waals surface area contributed by atoms with Crippen LogP contribution in [0.1, 0.15) is 17.1 Å². The highest BCUT2D eigenvalue weighted by Crippen LogP contribution is 2.27. The third kappa shape index (κ3) is 4.92. The van der Waals surface area contributed by atoms with Gasteiger partial charge in [-0.15, -0.1) is 10.2 Å². The lowest BCUT2D eigenvalue weighted by Crippen LogP contribution is -2.38. The van der Waals surface area contributed by atoms with Crippen LogP contribution < -0.4 is 0 Å². The lowest BCUT2D eigenvalue weighted by atomic mass is 10.2. The molecule has 0 unspecified atom stereocenters. The molecule has 0 aliphatic carbocycles. The van der Waals surface area contributed by atoms with Gasteiger partial charge in [0.2, 0.25) is 5.78 Å². The van der Waals surface area contributed by atoms with E-state index in [1.54, 1.807) is 23.9 Å². The van der Waals surface area contributed by atoms with Gasteiger partial charge < -0.3 is 9.30 Å². The molecule has 0 amide bonds. The number of ether oxygens (including phenoxy) is 1. The molecule has 172 valence electrons. The Morgan fingerprint density at radius 3 is 2.61 bits per heavy atom. The topological polar surface area (TPSA) is 73.4 Å². The van der Waals surface area contributed by atoms with Crippen LogP contribution in [0.3, 0.4) is 0 Å². The molecule has 0 spiro atoms. The molecule has 1 fully saturated rings. The highest BCUT2D eigenvalue weighted by Gasteiger charge is 2.18. The molecule has 4 aromatic rings. The van der Waals surface area contributed by atoms with Crippen molar-refractivity contribution < 1.29 is 9.13 Å². The van der Waals surface area contributed by atoms with Gasteiger partial charge in [-0.3, -0.25) is 9.30 Å². The highest BCUT2D eigenvalue weighted by atomic mass is 32.2. The van der Waals surface area contributed by atoms with E-state index >= 15 is 0 Å². The van der Waals surface area contributed by atoms with Crippen LogP contribution in [-0.4, -0.2) is 66.9 Å². The van der Waals surface area contributed by atoms with Crippen molar-refractivity contribution in [2.24, 2.45) is 0 Å². The first-order valence-electron chi connectivity index (χ1n) is 11.0. The second-order valence-electron chi connectivity index (χ2n) is 8.15. The number of morpholine rings is 1. The predicted octanol–water partition coefficient (Wildman–Crippen LogP) is 3.37. The van der Waals surface area contributed by atoms with E-state index in [1.807, 2.05) is 23.6 Å². The number of nitrogens with zero attached hydrogens (tertiary/aromatic N) is 7. The number of halogens is 1. The van der Waals surface area contributed by atoms with E-state index in [-0.39, 0.29) is 5.82 Å². The Morgan fingerprint density at radius 2 is 1.82 bits per heavy atom. The smallest absolute Gasteiger partial charge is 0.234 e. The van der Waals surface area contributed by atoms with Gasteiger partial charge in [-0.25, -0.2) is 14.4 Å². The van der Waals surface area contributed by atoms with Crippen molar-refractivity contribution in [2.75, 3.05) is 32.8 Å². The van der Waals surface area contributed by atoms with Gasteiger partial charge >= 0.3 is 0 Å². The van der Waals surface area contributed by atoms with Crippen LogP contribution in [0.25, 0.3) is 17.2 Å². The molecule has 33 heavy (non-hydrogen) atoms. The van der Waals surface area contributed by atoms with Gasteiger partial charge in [-0.1, -0.05) is 11.8 Å². The van der Waals surface area contributed by atoms with Gasteiger partial charge in [-0.2, -0.15) is 0 Å². The zero-order chi connectivity index (χ0) is 22.8. The molecule has 1 aliphatic heterocycles.